The van der Waals surface area contributed by atoms with Crippen LogP contribution in [0.2, 0.25) is 0 Å². The molecular formula is C22H23N3O3. The van der Waals surface area contributed by atoms with Crippen LogP contribution in [0.4, 0.5) is 5.69 Å². The Morgan fingerprint density at radius 3 is 2.68 bits per heavy atom. The lowest BCUT2D eigenvalue weighted by molar-refractivity contribution is -0.131. The molecule has 1 aliphatic heterocycles. The summed E-state index contributed by atoms with van der Waals surface area (Å²) in [6.45, 7) is 1.30. The van der Waals surface area contributed by atoms with Crippen molar-refractivity contribution in [3.8, 4) is 0 Å². The van der Waals surface area contributed by atoms with Gasteiger partial charge in [0, 0.05) is 30.2 Å². The SMILES string of the molecule is NCC1CCCN1C(=O)Cc1ccc(NC(=O)c2cc3ccccc3o2)cc1. The van der Waals surface area contributed by atoms with Crippen molar-refractivity contribution in [2.75, 3.05) is 18.4 Å². The molecule has 0 spiro atoms. The zero-order chi connectivity index (χ0) is 19.5. The van der Waals surface area contributed by atoms with Gasteiger partial charge in [-0.1, -0.05) is 30.3 Å². The molecule has 0 aliphatic carbocycles. The maximum atomic E-state index is 12.5. The van der Waals surface area contributed by atoms with E-state index in [4.69, 9.17) is 10.2 Å². The molecule has 28 heavy (non-hydrogen) atoms. The molecule has 2 aromatic carbocycles. The summed E-state index contributed by atoms with van der Waals surface area (Å²) in [7, 11) is 0. The van der Waals surface area contributed by atoms with Crippen molar-refractivity contribution in [3.05, 3.63) is 65.9 Å². The van der Waals surface area contributed by atoms with Crippen molar-refractivity contribution in [2.45, 2.75) is 25.3 Å². The summed E-state index contributed by atoms with van der Waals surface area (Å²) in [4.78, 5) is 26.8. The Labute approximate surface area is 163 Å². The molecule has 4 rings (SSSR count). The van der Waals surface area contributed by atoms with Crippen molar-refractivity contribution in [2.24, 2.45) is 5.73 Å². The van der Waals surface area contributed by atoms with E-state index in [1.165, 1.54) is 0 Å². The smallest absolute Gasteiger partial charge is 0.291 e. The summed E-state index contributed by atoms with van der Waals surface area (Å²) in [6.07, 6.45) is 2.34. The number of nitrogens with zero attached hydrogens (tertiary/aromatic N) is 1. The van der Waals surface area contributed by atoms with Crippen LogP contribution >= 0.6 is 0 Å². The summed E-state index contributed by atoms with van der Waals surface area (Å²) in [6, 6.07) is 16.7. The fraction of sp³-hybridized carbons (Fsp3) is 0.273. The number of furan rings is 1. The van der Waals surface area contributed by atoms with E-state index in [1.54, 1.807) is 18.2 Å². The summed E-state index contributed by atoms with van der Waals surface area (Å²) < 4.78 is 5.58. The summed E-state index contributed by atoms with van der Waals surface area (Å²) in [5.41, 5.74) is 8.00. The van der Waals surface area contributed by atoms with E-state index >= 15 is 0 Å². The van der Waals surface area contributed by atoms with Crippen molar-refractivity contribution < 1.29 is 14.0 Å². The van der Waals surface area contributed by atoms with E-state index in [-0.39, 0.29) is 23.6 Å². The van der Waals surface area contributed by atoms with Gasteiger partial charge in [-0.05, 0) is 42.7 Å². The Hall–Kier alpha value is -3.12. The highest BCUT2D eigenvalue weighted by atomic mass is 16.3. The molecular weight excluding hydrogens is 354 g/mol. The summed E-state index contributed by atoms with van der Waals surface area (Å²) >= 11 is 0. The number of nitrogens with one attached hydrogen (secondary N) is 1. The molecule has 0 saturated carbocycles. The average Bonchev–Trinajstić information content (AvgIpc) is 3.36. The van der Waals surface area contributed by atoms with Crippen molar-refractivity contribution in [1.29, 1.82) is 0 Å². The van der Waals surface area contributed by atoms with Crippen LogP contribution in [-0.4, -0.2) is 35.8 Å². The lowest BCUT2D eigenvalue weighted by Gasteiger charge is -2.23. The highest BCUT2D eigenvalue weighted by molar-refractivity contribution is 6.04. The van der Waals surface area contributed by atoms with E-state index in [0.29, 0.717) is 24.2 Å². The first-order chi connectivity index (χ1) is 13.6. The maximum Gasteiger partial charge on any atom is 0.291 e. The number of para-hydroxylation sites is 1. The zero-order valence-electron chi connectivity index (χ0n) is 15.6. The van der Waals surface area contributed by atoms with Gasteiger partial charge in [0.25, 0.3) is 5.91 Å². The van der Waals surface area contributed by atoms with Crippen LogP contribution in [0, 0.1) is 0 Å². The van der Waals surface area contributed by atoms with E-state index in [1.807, 2.05) is 41.3 Å². The first-order valence-electron chi connectivity index (χ1n) is 9.52. The first-order valence-corrected chi connectivity index (χ1v) is 9.52. The molecule has 3 aromatic rings. The van der Waals surface area contributed by atoms with Gasteiger partial charge in [-0.2, -0.15) is 0 Å². The van der Waals surface area contributed by atoms with Crippen LogP contribution in [0.3, 0.4) is 0 Å². The van der Waals surface area contributed by atoms with Gasteiger partial charge in [-0.15, -0.1) is 0 Å². The molecule has 1 aromatic heterocycles. The van der Waals surface area contributed by atoms with E-state index < -0.39 is 0 Å². The van der Waals surface area contributed by atoms with Crippen molar-refractivity contribution in [3.63, 3.8) is 0 Å². The minimum atomic E-state index is -0.303. The Kier molecular flexibility index (Phi) is 5.12. The third kappa shape index (κ3) is 3.77. The monoisotopic (exact) mass is 377 g/mol. The van der Waals surface area contributed by atoms with Gasteiger partial charge in [0.2, 0.25) is 5.91 Å². The van der Waals surface area contributed by atoms with E-state index in [0.717, 1.165) is 30.3 Å². The molecule has 6 nitrogen and oxygen atoms in total. The molecule has 0 radical (unpaired) electrons. The predicted octanol–water partition coefficient (Wildman–Crippen LogP) is 3.18. The quantitative estimate of drug-likeness (QED) is 0.715. The summed E-state index contributed by atoms with van der Waals surface area (Å²) in [5, 5.41) is 3.71. The normalized spacial score (nSPS) is 16.5. The van der Waals surface area contributed by atoms with Crippen molar-refractivity contribution in [1.82, 2.24) is 4.90 Å². The van der Waals surface area contributed by atoms with Gasteiger partial charge < -0.3 is 20.4 Å². The topological polar surface area (TPSA) is 88.6 Å². The number of rotatable bonds is 5. The largest absolute Gasteiger partial charge is 0.451 e. The van der Waals surface area contributed by atoms with E-state index in [9.17, 15) is 9.59 Å². The molecule has 1 atom stereocenters. The lowest BCUT2D eigenvalue weighted by atomic mass is 10.1. The third-order valence-corrected chi connectivity index (χ3v) is 5.19. The minimum absolute atomic E-state index is 0.104. The summed E-state index contributed by atoms with van der Waals surface area (Å²) in [5.74, 6) is 0.0669. The number of likely N-dealkylation sites (tertiary alicyclic amines) is 1. The average molecular weight is 377 g/mol. The maximum absolute atomic E-state index is 12.5. The molecule has 0 bridgehead atoms. The second-order valence-corrected chi connectivity index (χ2v) is 7.10. The molecule has 3 N–H and O–H groups in total. The van der Waals surface area contributed by atoms with Crippen LogP contribution in [0.5, 0.6) is 0 Å². The highest BCUT2D eigenvalue weighted by Gasteiger charge is 2.27. The molecule has 2 heterocycles. The second-order valence-electron chi connectivity index (χ2n) is 7.10. The Morgan fingerprint density at radius 2 is 1.93 bits per heavy atom. The number of nitrogens with two attached hydrogens (primary N) is 1. The van der Waals surface area contributed by atoms with Crippen LogP contribution in [0.25, 0.3) is 11.0 Å². The molecule has 1 saturated heterocycles. The van der Waals surface area contributed by atoms with E-state index in [2.05, 4.69) is 5.32 Å². The number of hydrogen-bond acceptors (Lipinski definition) is 4. The van der Waals surface area contributed by atoms with Gasteiger partial charge in [-0.3, -0.25) is 9.59 Å². The minimum Gasteiger partial charge on any atom is -0.451 e. The van der Waals surface area contributed by atoms with Gasteiger partial charge in [-0.25, -0.2) is 0 Å². The molecule has 1 aliphatic rings. The standard InChI is InChI=1S/C22H23N3O3/c23-14-18-5-3-11-25(18)21(26)12-15-7-9-17(10-8-15)24-22(27)20-13-16-4-1-2-6-19(16)28-20/h1-2,4,6-10,13,18H,3,5,11-12,14,23H2,(H,24,27). The van der Waals surface area contributed by atoms with Gasteiger partial charge in [0.1, 0.15) is 5.58 Å². The molecule has 1 unspecified atom stereocenters. The number of anilines is 1. The Balaban J connectivity index is 1.39. The number of fused-ring (bicyclic) bond motifs is 1. The first kappa shape index (κ1) is 18.3. The van der Waals surface area contributed by atoms with Crippen LogP contribution < -0.4 is 11.1 Å². The molecule has 6 heteroatoms. The molecule has 2 amide bonds. The molecule has 1 fully saturated rings. The fourth-order valence-corrected chi connectivity index (χ4v) is 3.68. The van der Waals surface area contributed by atoms with Gasteiger partial charge >= 0.3 is 0 Å². The number of amides is 2. The van der Waals surface area contributed by atoms with Crippen LogP contribution in [0.15, 0.2) is 59.0 Å². The number of benzene rings is 2. The Morgan fingerprint density at radius 1 is 1.14 bits per heavy atom. The Bertz CT molecular complexity index is 961. The van der Waals surface area contributed by atoms with Crippen molar-refractivity contribution >= 4 is 28.5 Å². The molecule has 144 valence electrons. The number of carbonyl (C=O) groups excluding carboxylic acids is 2. The number of hydrogen-bond donors (Lipinski definition) is 2. The van der Waals surface area contributed by atoms with Gasteiger partial charge in [0.05, 0.1) is 6.42 Å². The van der Waals surface area contributed by atoms with Crippen LogP contribution in [-0.2, 0) is 11.2 Å². The second kappa shape index (κ2) is 7.86. The highest BCUT2D eigenvalue weighted by Crippen LogP contribution is 2.21. The fourth-order valence-electron chi connectivity index (χ4n) is 3.68. The van der Waals surface area contributed by atoms with Crippen LogP contribution in [0.1, 0.15) is 29.0 Å². The third-order valence-electron chi connectivity index (χ3n) is 5.19. The zero-order valence-corrected chi connectivity index (χ0v) is 15.6. The van der Waals surface area contributed by atoms with Gasteiger partial charge in [0.15, 0.2) is 5.76 Å². The lowest BCUT2D eigenvalue weighted by Crippen LogP contribution is -2.40. The number of carbonyl (C=O) groups is 2. The predicted molar refractivity (Wildman–Crippen MR) is 108 cm³/mol.